The van der Waals surface area contributed by atoms with Gasteiger partial charge in [-0.3, -0.25) is 4.79 Å². The summed E-state index contributed by atoms with van der Waals surface area (Å²) in [7, 11) is 0. The van der Waals surface area contributed by atoms with Crippen LogP contribution in [0.25, 0.3) is 0 Å². The highest BCUT2D eigenvalue weighted by atomic mass is 32.2. The van der Waals surface area contributed by atoms with Crippen LogP contribution in [0, 0.1) is 23.7 Å². The number of carbonyl (C=O) groups excluding carboxylic acids is 1. The third-order valence-electron chi connectivity index (χ3n) is 13.7. The standard InChI is InChI=1S/C53H70N2O7S/c1-3-29-55(50(58)28-25-39-17-11-12-18-39)49-37-47(54-61-38-40-19-7-5-8-20-40)45-35-41(21-13-15-30-56)44(24-14-16-31-57)51-46-36-42(59-33-34-63-43-22-9-6-10-23-43)26-27-48(46)62-53(49,52(45)51)60-32-4-2/h4-10,19-20,22-23,26-27,35-36,39,41,44,49,51-52,56-57H,2-3,11-18,21,24-25,28-34,37-38H2,1H3/t41-,44+,49-,51+,52+,53+/m0/s1. The third kappa shape index (κ3) is 11.6. The van der Waals surface area contributed by atoms with Crippen molar-refractivity contribution in [2.24, 2.45) is 28.8 Å². The van der Waals surface area contributed by atoms with Crippen molar-refractivity contribution in [3.05, 3.63) is 114 Å². The van der Waals surface area contributed by atoms with Crippen molar-refractivity contribution in [2.75, 3.05) is 38.7 Å². The van der Waals surface area contributed by atoms with E-state index in [0.29, 0.717) is 44.9 Å². The molecule has 10 heteroatoms. The van der Waals surface area contributed by atoms with Crippen LogP contribution in [0.1, 0.15) is 114 Å². The van der Waals surface area contributed by atoms with Gasteiger partial charge < -0.3 is 34.2 Å². The molecular weight excluding hydrogens is 809 g/mol. The second-order valence-corrected chi connectivity index (χ2v) is 19.0. The van der Waals surface area contributed by atoms with Crippen LogP contribution in [0.4, 0.5) is 0 Å². The normalized spacial score (nSPS) is 24.5. The molecule has 1 aliphatic heterocycles. The number of unbranched alkanes of at least 4 members (excludes halogenated alkanes) is 2. The summed E-state index contributed by atoms with van der Waals surface area (Å²) in [5, 5.41) is 25.0. The molecule has 0 aromatic heterocycles. The highest BCUT2D eigenvalue weighted by molar-refractivity contribution is 7.99. The number of amides is 1. The number of benzene rings is 3. The average Bonchev–Trinajstić information content (AvgIpc) is 3.84. The maximum Gasteiger partial charge on any atom is 0.239 e. The van der Waals surface area contributed by atoms with Crippen LogP contribution in [0.3, 0.4) is 0 Å². The van der Waals surface area contributed by atoms with E-state index in [1.807, 2.05) is 48.5 Å². The highest BCUT2D eigenvalue weighted by Crippen LogP contribution is 2.62. The van der Waals surface area contributed by atoms with Gasteiger partial charge in [-0.2, -0.15) is 0 Å². The van der Waals surface area contributed by atoms with Crippen LogP contribution in [0.15, 0.2) is 113 Å². The zero-order valence-corrected chi connectivity index (χ0v) is 38.2. The molecule has 9 nitrogen and oxygen atoms in total. The minimum absolute atomic E-state index is 0.0992. The number of hydrogen-bond donors (Lipinski definition) is 2. The Labute approximate surface area is 380 Å². The lowest BCUT2D eigenvalue weighted by Gasteiger charge is -2.60. The van der Waals surface area contributed by atoms with Crippen LogP contribution in [-0.4, -0.2) is 77.3 Å². The largest absolute Gasteiger partial charge is 0.493 e. The summed E-state index contributed by atoms with van der Waals surface area (Å²) in [6.45, 7) is 8.18. The molecule has 6 atom stereocenters. The van der Waals surface area contributed by atoms with Crippen LogP contribution >= 0.6 is 11.8 Å². The predicted molar refractivity (Wildman–Crippen MR) is 252 cm³/mol. The molecule has 4 aliphatic rings. The number of allylic oxidation sites excluding steroid dienone is 1. The van der Waals surface area contributed by atoms with E-state index < -0.39 is 11.8 Å². The summed E-state index contributed by atoms with van der Waals surface area (Å²) in [5.41, 5.74) is 3.97. The van der Waals surface area contributed by atoms with Gasteiger partial charge in [-0.1, -0.05) is 111 Å². The van der Waals surface area contributed by atoms with Crippen molar-refractivity contribution < 1.29 is 34.1 Å². The lowest BCUT2D eigenvalue weighted by molar-refractivity contribution is -0.257. The Kier molecular flexibility index (Phi) is 17.7. The van der Waals surface area contributed by atoms with Crippen molar-refractivity contribution in [1.82, 2.24) is 4.90 Å². The average molecular weight is 879 g/mol. The monoisotopic (exact) mass is 878 g/mol. The predicted octanol–water partition coefficient (Wildman–Crippen LogP) is 10.9. The number of carbonyl (C=O) groups is 1. The molecule has 2 fully saturated rings. The van der Waals surface area contributed by atoms with E-state index in [0.717, 1.165) is 84.6 Å². The summed E-state index contributed by atoms with van der Waals surface area (Å²) in [6, 6.07) is 26.2. The van der Waals surface area contributed by atoms with Crippen LogP contribution in [-0.2, 0) is 21.0 Å². The van der Waals surface area contributed by atoms with Gasteiger partial charge in [0.2, 0.25) is 11.7 Å². The van der Waals surface area contributed by atoms with Gasteiger partial charge in [0.25, 0.3) is 0 Å². The Hall–Kier alpha value is -4.09. The first-order valence-corrected chi connectivity index (χ1v) is 24.8. The van der Waals surface area contributed by atoms with Gasteiger partial charge in [-0.25, -0.2) is 0 Å². The molecule has 3 aliphatic carbocycles. The molecule has 0 radical (unpaired) electrons. The fraction of sp³-hybridized carbons (Fsp3) is 0.547. The molecule has 1 amide bonds. The molecule has 0 bridgehead atoms. The number of ether oxygens (including phenoxy) is 3. The Bertz CT molecular complexity index is 1950. The van der Waals surface area contributed by atoms with E-state index in [9.17, 15) is 15.0 Å². The number of hydrogen-bond acceptors (Lipinski definition) is 9. The Balaban J connectivity index is 1.35. The third-order valence-corrected chi connectivity index (χ3v) is 14.6. The lowest BCUT2D eigenvalue weighted by atomic mass is 9.55. The Morgan fingerprint density at radius 2 is 1.71 bits per heavy atom. The Morgan fingerprint density at radius 1 is 0.968 bits per heavy atom. The van der Waals surface area contributed by atoms with E-state index in [4.69, 9.17) is 24.2 Å². The molecular formula is C53H70N2O7S. The van der Waals surface area contributed by atoms with Crippen LogP contribution in [0.5, 0.6) is 11.5 Å². The Morgan fingerprint density at radius 3 is 2.44 bits per heavy atom. The topological polar surface area (TPSA) is 110 Å². The fourth-order valence-electron chi connectivity index (χ4n) is 10.8. The summed E-state index contributed by atoms with van der Waals surface area (Å²) in [5.74, 6) is 1.65. The van der Waals surface area contributed by atoms with Gasteiger partial charge in [0, 0.05) is 54.7 Å². The van der Waals surface area contributed by atoms with E-state index in [-0.39, 0.29) is 49.4 Å². The second kappa shape index (κ2) is 23.7. The first-order chi connectivity index (χ1) is 31.0. The van der Waals surface area contributed by atoms with Crippen LogP contribution < -0.4 is 9.47 Å². The summed E-state index contributed by atoms with van der Waals surface area (Å²) >= 11 is 1.77. The first-order valence-electron chi connectivity index (χ1n) is 23.8. The molecule has 0 unspecified atom stereocenters. The molecule has 340 valence electrons. The number of nitrogens with zero attached hydrogens (tertiary/aromatic N) is 2. The molecule has 1 heterocycles. The van der Waals surface area contributed by atoms with Crippen molar-refractivity contribution >= 4 is 23.4 Å². The number of rotatable bonds is 25. The lowest BCUT2D eigenvalue weighted by Crippen LogP contribution is -2.70. The van der Waals surface area contributed by atoms with Gasteiger partial charge in [0.1, 0.15) is 24.1 Å². The molecule has 2 N–H and O–H groups in total. The molecule has 0 spiro atoms. The molecule has 3 aromatic rings. The van der Waals surface area contributed by atoms with Gasteiger partial charge in [0.05, 0.1) is 24.8 Å². The molecule has 7 rings (SSSR count). The molecule has 2 saturated carbocycles. The zero-order valence-electron chi connectivity index (χ0n) is 37.4. The van der Waals surface area contributed by atoms with E-state index in [1.54, 1.807) is 17.8 Å². The van der Waals surface area contributed by atoms with Crippen molar-refractivity contribution in [3.63, 3.8) is 0 Å². The van der Waals surface area contributed by atoms with Crippen LogP contribution in [0.2, 0.25) is 0 Å². The van der Waals surface area contributed by atoms with E-state index in [1.165, 1.54) is 30.6 Å². The number of aliphatic hydroxyl groups is 2. The molecule has 0 saturated heterocycles. The van der Waals surface area contributed by atoms with Gasteiger partial charge >= 0.3 is 0 Å². The minimum Gasteiger partial charge on any atom is -0.493 e. The first kappa shape index (κ1) is 46.9. The highest BCUT2D eigenvalue weighted by Gasteiger charge is 2.65. The van der Waals surface area contributed by atoms with Crippen molar-refractivity contribution in [1.29, 1.82) is 0 Å². The van der Waals surface area contributed by atoms with E-state index in [2.05, 4.69) is 54.8 Å². The number of fused-ring (bicyclic) bond motifs is 2. The van der Waals surface area contributed by atoms with Crippen molar-refractivity contribution in [3.8, 4) is 11.5 Å². The summed E-state index contributed by atoms with van der Waals surface area (Å²) in [4.78, 5) is 24.4. The summed E-state index contributed by atoms with van der Waals surface area (Å²) < 4.78 is 21.2. The number of aliphatic hydroxyl groups excluding tert-OH is 2. The van der Waals surface area contributed by atoms with Crippen molar-refractivity contribution in [2.45, 2.75) is 126 Å². The SMILES string of the molecule is C=CCO[C@@]12Oc3ccc(OCCSc4ccccc4)cc3[C@H]3[C@H](CCCCO)[C@@H](CCCCO)C=C(C(=NOCc4ccccc4)C[C@@H]1N(CCC)C(=O)CCC1CCCC1)[C@H]32. The maximum absolute atomic E-state index is 14.8. The minimum atomic E-state index is -1.26. The van der Waals surface area contributed by atoms with Gasteiger partial charge in [0.15, 0.2) is 0 Å². The fourth-order valence-corrected chi connectivity index (χ4v) is 11.6. The van der Waals surface area contributed by atoms with Gasteiger partial charge in [-0.05, 0) is 97.7 Å². The molecule has 63 heavy (non-hydrogen) atoms. The molecule has 3 aromatic carbocycles. The zero-order chi connectivity index (χ0) is 43.9. The van der Waals surface area contributed by atoms with Gasteiger partial charge in [-0.15, -0.1) is 18.3 Å². The quantitative estimate of drug-likeness (QED) is 0.0375. The smallest absolute Gasteiger partial charge is 0.239 e. The number of oxime groups is 1. The second-order valence-electron chi connectivity index (χ2n) is 17.8. The maximum atomic E-state index is 14.8. The van der Waals surface area contributed by atoms with E-state index >= 15 is 0 Å². The summed E-state index contributed by atoms with van der Waals surface area (Å²) in [6.07, 6.45) is 16.6. The number of thioether (sulfide) groups is 1.